The number of benzene rings is 1. The van der Waals surface area contributed by atoms with Crippen LogP contribution in [0.3, 0.4) is 0 Å². The van der Waals surface area contributed by atoms with Gasteiger partial charge in [0.2, 0.25) is 10.0 Å². The summed E-state index contributed by atoms with van der Waals surface area (Å²) in [4.78, 5) is 0. The molecule has 1 aromatic carbocycles. The molecule has 0 aliphatic rings. The zero-order valence-electron chi connectivity index (χ0n) is 11.3. The fourth-order valence-corrected chi connectivity index (χ4v) is 2.99. The third-order valence-electron chi connectivity index (χ3n) is 2.63. The van der Waals surface area contributed by atoms with E-state index in [4.69, 9.17) is 0 Å². The summed E-state index contributed by atoms with van der Waals surface area (Å²) < 4.78 is 26.3. The van der Waals surface area contributed by atoms with Crippen molar-refractivity contribution in [1.82, 2.24) is 0 Å². The molecular weight excluding hydrogens is 250 g/mol. The normalized spacial score (nSPS) is 12.4. The number of aromatic hydroxyl groups is 1. The first-order chi connectivity index (χ1) is 8.11. The van der Waals surface area contributed by atoms with Gasteiger partial charge in [-0.05, 0) is 30.4 Å². The van der Waals surface area contributed by atoms with Gasteiger partial charge in [0, 0.05) is 0 Å². The SMILES string of the molecule is Cc1cccc(O)c1NS(=O)(=O)CCC(C)(C)C. The summed E-state index contributed by atoms with van der Waals surface area (Å²) in [5.41, 5.74) is 0.934. The van der Waals surface area contributed by atoms with E-state index in [2.05, 4.69) is 4.72 Å². The molecule has 0 aromatic heterocycles. The highest BCUT2D eigenvalue weighted by atomic mass is 32.2. The van der Waals surface area contributed by atoms with E-state index < -0.39 is 10.0 Å². The Morgan fingerprint density at radius 1 is 1.28 bits per heavy atom. The molecule has 0 aliphatic heterocycles. The third-order valence-corrected chi connectivity index (χ3v) is 3.89. The number of anilines is 1. The molecule has 102 valence electrons. The molecule has 0 saturated carbocycles. The summed E-state index contributed by atoms with van der Waals surface area (Å²) >= 11 is 0. The number of sulfonamides is 1. The van der Waals surface area contributed by atoms with E-state index in [0.717, 1.165) is 0 Å². The van der Waals surface area contributed by atoms with Gasteiger partial charge >= 0.3 is 0 Å². The Morgan fingerprint density at radius 2 is 1.89 bits per heavy atom. The fourth-order valence-electron chi connectivity index (χ4n) is 1.43. The highest BCUT2D eigenvalue weighted by Crippen LogP contribution is 2.28. The molecule has 0 atom stereocenters. The number of para-hydroxylation sites is 1. The van der Waals surface area contributed by atoms with Gasteiger partial charge in [-0.2, -0.15) is 0 Å². The van der Waals surface area contributed by atoms with Crippen LogP contribution in [0.4, 0.5) is 5.69 Å². The summed E-state index contributed by atoms with van der Waals surface area (Å²) in [6, 6.07) is 4.90. The predicted molar refractivity (Wildman–Crippen MR) is 74.3 cm³/mol. The molecule has 0 aliphatic carbocycles. The van der Waals surface area contributed by atoms with E-state index in [0.29, 0.717) is 12.0 Å². The van der Waals surface area contributed by atoms with E-state index in [-0.39, 0.29) is 22.6 Å². The smallest absolute Gasteiger partial charge is 0.232 e. The van der Waals surface area contributed by atoms with E-state index in [9.17, 15) is 13.5 Å². The molecule has 5 heteroatoms. The molecule has 0 spiro atoms. The Labute approximate surface area is 109 Å². The van der Waals surface area contributed by atoms with Gasteiger partial charge in [-0.15, -0.1) is 0 Å². The lowest BCUT2D eigenvalue weighted by Crippen LogP contribution is -2.21. The van der Waals surface area contributed by atoms with Crippen LogP contribution in [0.15, 0.2) is 18.2 Å². The topological polar surface area (TPSA) is 66.4 Å². The van der Waals surface area contributed by atoms with Gasteiger partial charge in [-0.1, -0.05) is 32.9 Å². The van der Waals surface area contributed by atoms with Crippen LogP contribution in [-0.4, -0.2) is 19.3 Å². The van der Waals surface area contributed by atoms with Gasteiger partial charge in [0.25, 0.3) is 0 Å². The minimum Gasteiger partial charge on any atom is -0.506 e. The van der Waals surface area contributed by atoms with Crippen LogP contribution in [0.2, 0.25) is 0 Å². The monoisotopic (exact) mass is 271 g/mol. The van der Waals surface area contributed by atoms with Gasteiger partial charge in [-0.3, -0.25) is 4.72 Å². The summed E-state index contributed by atoms with van der Waals surface area (Å²) in [6.07, 6.45) is 0.564. The average Bonchev–Trinajstić information content (AvgIpc) is 2.20. The van der Waals surface area contributed by atoms with Crippen LogP contribution in [0, 0.1) is 12.3 Å². The van der Waals surface area contributed by atoms with Crippen molar-refractivity contribution in [2.75, 3.05) is 10.5 Å². The van der Waals surface area contributed by atoms with Crippen LogP contribution < -0.4 is 4.72 Å². The minimum atomic E-state index is -3.42. The van der Waals surface area contributed by atoms with Crippen molar-refractivity contribution in [3.05, 3.63) is 23.8 Å². The number of aryl methyl sites for hydroxylation is 1. The van der Waals surface area contributed by atoms with E-state index in [1.807, 2.05) is 20.8 Å². The van der Waals surface area contributed by atoms with Crippen molar-refractivity contribution in [2.45, 2.75) is 34.1 Å². The van der Waals surface area contributed by atoms with Crippen LogP contribution in [0.1, 0.15) is 32.8 Å². The highest BCUT2D eigenvalue weighted by Gasteiger charge is 2.19. The molecule has 0 bridgehead atoms. The lowest BCUT2D eigenvalue weighted by molar-refractivity contribution is 0.397. The molecule has 1 rings (SSSR count). The van der Waals surface area contributed by atoms with E-state index >= 15 is 0 Å². The number of hydrogen-bond donors (Lipinski definition) is 2. The van der Waals surface area contributed by atoms with Crippen molar-refractivity contribution in [1.29, 1.82) is 0 Å². The standard InChI is InChI=1S/C13H21NO3S/c1-10-6-5-7-11(15)12(10)14-18(16,17)9-8-13(2,3)4/h5-7,14-15H,8-9H2,1-4H3. The Bertz CT molecular complexity index is 495. The largest absolute Gasteiger partial charge is 0.506 e. The van der Waals surface area contributed by atoms with Crippen LogP contribution in [0.25, 0.3) is 0 Å². The van der Waals surface area contributed by atoms with Crippen molar-refractivity contribution in [3.8, 4) is 5.75 Å². The first-order valence-corrected chi connectivity index (χ1v) is 7.55. The van der Waals surface area contributed by atoms with Crippen LogP contribution in [0.5, 0.6) is 5.75 Å². The van der Waals surface area contributed by atoms with Gasteiger partial charge < -0.3 is 5.11 Å². The molecule has 18 heavy (non-hydrogen) atoms. The Hall–Kier alpha value is -1.23. The minimum absolute atomic E-state index is 0.0392. The number of phenolic OH excluding ortho intramolecular Hbond substituents is 1. The molecule has 0 saturated heterocycles. The maximum absolute atomic E-state index is 11.9. The van der Waals surface area contributed by atoms with Gasteiger partial charge in [-0.25, -0.2) is 8.42 Å². The Balaban J connectivity index is 2.84. The number of rotatable bonds is 4. The maximum Gasteiger partial charge on any atom is 0.232 e. The first-order valence-electron chi connectivity index (χ1n) is 5.90. The van der Waals surface area contributed by atoms with Gasteiger partial charge in [0.05, 0.1) is 11.4 Å². The van der Waals surface area contributed by atoms with E-state index in [1.165, 1.54) is 6.07 Å². The molecule has 0 fully saturated rings. The molecule has 0 unspecified atom stereocenters. The summed E-state index contributed by atoms with van der Waals surface area (Å²) in [7, 11) is -3.42. The Kier molecular flexibility index (Phi) is 4.27. The van der Waals surface area contributed by atoms with Crippen LogP contribution in [-0.2, 0) is 10.0 Å². The lowest BCUT2D eigenvalue weighted by Gasteiger charge is -2.18. The average molecular weight is 271 g/mol. The second-order valence-corrected chi connectivity index (χ2v) is 7.54. The third kappa shape index (κ3) is 4.56. The van der Waals surface area contributed by atoms with Gasteiger partial charge in [0.15, 0.2) is 0 Å². The zero-order valence-corrected chi connectivity index (χ0v) is 12.1. The number of phenols is 1. The number of nitrogens with one attached hydrogen (secondary N) is 1. The molecule has 1 aromatic rings. The van der Waals surface area contributed by atoms with Crippen molar-refractivity contribution in [3.63, 3.8) is 0 Å². The highest BCUT2D eigenvalue weighted by molar-refractivity contribution is 7.92. The predicted octanol–water partition coefficient (Wildman–Crippen LogP) is 2.88. The molecule has 2 N–H and O–H groups in total. The zero-order chi connectivity index (χ0) is 14.0. The molecule has 0 radical (unpaired) electrons. The van der Waals surface area contributed by atoms with Crippen molar-refractivity contribution < 1.29 is 13.5 Å². The summed E-state index contributed by atoms with van der Waals surface area (Å²) in [5.74, 6) is -0.00101. The number of hydrogen-bond acceptors (Lipinski definition) is 3. The van der Waals surface area contributed by atoms with Crippen molar-refractivity contribution >= 4 is 15.7 Å². The van der Waals surface area contributed by atoms with Crippen molar-refractivity contribution in [2.24, 2.45) is 5.41 Å². The molecule has 0 amide bonds. The lowest BCUT2D eigenvalue weighted by atomic mass is 9.94. The summed E-state index contributed by atoms with van der Waals surface area (Å²) in [5, 5.41) is 9.66. The second kappa shape index (κ2) is 5.18. The molecular formula is C13H21NO3S. The summed E-state index contributed by atoms with van der Waals surface area (Å²) in [6.45, 7) is 7.73. The quantitative estimate of drug-likeness (QED) is 0.827. The second-order valence-electron chi connectivity index (χ2n) is 5.70. The molecule has 4 nitrogen and oxygen atoms in total. The van der Waals surface area contributed by atoms with E-state index in [1.54, 1.807) is 19.1 Å². The first kappa shape index (κ1) is 14.8. The maximum atomic E-state index is 11.9. The van der Waals surface area contributed by atoms with Gasteiger partial charge in [0.1, 0.15) is 5.75 Å². The fraction of sp³-hybridized carbons (Fsp3) is 0.538. The van der Waals surface area contributed by atoms with Crippen LogP contribution >= 0.6 is 0 Å². The Morgan fingerprint density at radius 3 is 2.39 bits per heavy atom. The molecule has 0 heterocycles.